The van der Waals surface area contributed by atoms with Gasteiger partial charge in [0, 0.05) is 23.7 Å². The van der Waals surface area contributed by atoms with Crippen molar-refractivity contribution in [2.75, 3.05) is 5.33 Å². The molecule has 0 saturated carbocycles. The highest BCUT2D eigenvalue weighted by atomic mass is 79.9. The van der Waals surface area contributed by atoms with Crippen LogP contribution in [0.3, 0.4) is 0 Å². The molecule has 0 radical (unpaired) electrons. The molecule has 2 rings (SSSR count). The van der Waals surface area contributed by atoms with E-state index in [9.17, 15) is 0 Å². The number of benzene rings is 1. The Hall–Kier alpha value is -1.09. The Labute approximate surface area is 110 Å². The zero-order valence-corrected chi connectivity index (χ0v) is 11.7. The third-order valence-electron chi connectivity index (χ3n) is 2.79. The van der Waals surface area contributed by atoms with Gasteiger partial charge in [0.25, 0.3) is 0 Å². The number of halogens is 1. The number of fused-ring (bicyclic) bond motifs is 1. The lowest BCUT2D eigenvalue weighted by Gasteiger charge is -1.95. The summed E-state index contributed by atoms with van der Waals surface area (Å²) in [7, 11) is 0. The predicted molar refractivity (Wildman–Crippen MR) is 76.7 cm³/mol. The number of aryl methyl sites for hydroxylation is 1. The van der Waals surface area contributed by atoms with Gasteiger partial charge in [0.05, 0.1) is 11.2 Å². The van der Waals surface area contributed by atoms with E-state index < -0.39 is 0 Å². The van der Waals surface area contributed by atoms with Crippen LogP contribution in [0.2, 0.25) is 0 Å². The lowest BCUT2D eigenvalue weighted by molar-refractivity contribution is 0.672. The molecule has 0 aliphatic carbocycles. The topological polar surface area (TPSA) is 17.8 Å². The number of nitrogens with zero attached hydrogens (tertiary/aromatic N) is 2. The summed E-state index contributed by atoms with van der Waals surface area (Å²) in [5.41, 5.74) is 2.41. The van der Waals surface area contributed by atoms with Crippen LogP contribution in [0.15, 0.2) is 36.4 Å². The summed E-state index contributed by atoms with van der Waals surface area (Å²) < 4.78 is 2.07. The smallest absolute Gasteiger partial charge is 0.0740 e. The van der Waals surface area contributed by atoms with Crippen molar-refractivity contribution in [2.45, 2.75) is 26.3 Å². The Morgan fingerprint density at radius 2 is 2.12 bits per heavy atom. The number of aromatic nitrogens is 2. The average Bonchev–Trinajstić information content (AvgIpc) is 2.73. The van der Waals surface area contributed by atoms with Crippen molar-refractivity contribution in [3.05, 3.63) is 42.1 Å². The molecule has 0 spiro atoms. The second-order valence-electron chi connectivity index (χ2n) is 3.93. The number of para-hydroxylation sites is 1. The third-order valence-corrected chi connectivity index (χ3v) is 3.25. The van der Waals surface area contributed by atoms with E-state index in [1.165, 1.54) is 16.6 Å². The Morgan fingerprint density at radius 3 is 2.88 bits per heavy atom. The minimum absolute atomic E-state index is 0.917. The van der Waals surface area contributed by atoms with Crippen LogP contribution < -0.4 is 0 Å². The minimum Gasteiger partial charge on any atom is -0.265 e. The first-order chi connectivity index (χ1) is 8.36. The van der Waals surface area contributed by atoms with Gasteiger partial charge in [-0.3, -0.25) is 4.68 Å². The fourth-order valence-corrected chi connectivity index (χ4v) is 2.23. The van der Waals surface area contributed by atoms with E-state index in [1.807, 2.05) is 0 Å². The zero-order valence-electron chi connectivity index (χ0n) is 10.1. The molecule has 2 nitrogen and oxygen atoms in total. The second kappa shape index (κ2) is 6.01. The Kier molecular flexibility index (Phi) is 4.37. The van der Waals surface area contributed by atoms with Crippen molar-refractivity contribution >= 4 is 26.8 Å². The molecule has 0 bridgehead atoms. The van der Waals surface area contributed by atoms with E-state index in [1.54, 1.807) is 0 Å². The first-order valence-electron chi connectivity index (χ1n) is 6.02. The Bertz CT molecular complexity index is 514. The first-order valence-corrected chi connectivity index (χ1v) is 7.14. The quantitative estimate of drug-likeness (QED) is 0.603. The van der Waals surface area contributed by atoms with Gasteiger partial charge in [0.2, 0.25) is 0 Å². The predicted octanol–water partition coefficient (Wildman–Crippen LogP) is 3.94. The maximum atomic E-state index is 4.66. The maximum Gasteiger partial charge on any atom is 0.0740 e. The summed E-state index contributed by atoms with van der Waals surface area (Å²) in [6.45, 7) is 3.05. The van der Waals surface area contributed by atoms with E-state index in [-0.39, 0.29) is 0 Å². The molecule has 17 heavy (non-hydrogen) atoms. The molecule has 0 amide bonds. The van der Waals surface area contributed by atoms with E-state index in [0.717, 1.165) is 24.7 Å². The molecule has 0 N–H and O–H groups in total. The molecular formula is C14H17BrN2. The number of allylic oxidation sites excluding steroid dienone is 2. The van der Waals surface area contributed by atoms with Crippen LogP contribution in [-0.4, -0.2) is 15.1 Å². The molecule has 0 atom stereocenters. The van der Waals surface area contributed by atoms with Crippen molar-refractivity contribution in [1.82, 2.24) is 9.78 Å². The van der Waals surface area contributed by atoms with Gasteiger partial charge in [-0.15, -0.1) is 0 Å². The summed E-state index contributed by atoms with van der Waals surface area (Å²) in [6, 6.07) is 8.44. The van der Waals surface area contributed by atoms with Crippen LogP contribution >= 0.6 is 15.9 Å². The fraction of sp³-hybridized carbons (Fsp3) is 0.357. The highest BCUT2D eigenvalue weighted by Crippen LogP contribution is 2.19. The molecule has 0 unspecified atom stereocenters. The van der Waals surface area contributed by atoms with Crippen molar-refractivity contribution in [3.8, 4) is 0 Å². The van der Waals surface area contributed by atoms with E-state index in [4.69, 9.17) is 0 Å². The summed E-state index contributed by atoms with van der Waals surface area (Å²) in [4.78, 5) is 0. The van der Waals surface area contributed by atoms with Crippen LogP contribution in [0.25, 0.3) is 10.9 Å². The van der Waals surface area contributed by atoms with Gasteiger partial charge >= 0.3 is 0 Å². The van der Waals surface area contributed by atoms with Gasteiger partial charge < -0.3 is 0 Å². The summed E-state index contributed by atoms with van der Waals surface area (Å²) in [5.74, 6) is 0. The molecule has 3 heteroatoms. The van der Waals surface area contributed by atoms with Crippen LogP contribution in [0.5, 0.6) is 0 Å². The van der Waals surface area contributed by atoms with E-state index in [0.29, 0.717) is 0 Å². The van der Waals surface area contributed by atoms with Crippen molar-refractivity contribution in [2.24, 2.45) is 0 Å². The standard InChI is InChI=1S/C14H17BrN2/c1-2-17-14-10-6-5-8-12(14)13(16-17)9-4-3-7-11-15/h3-6,8,10H,2,7,9,11H2,1H3. The normalized spacial score (nSPS) is 11.6. The molecule has 1 aromatic carbocycles. The van der Waals surface area contributed by atoms with E-state index >= 15 is 0 Å². The second-order valence-corrected chi connectivity index (χ2v) is 4.73. The highest BCUT2D eigenvalue weighted by molar-refractivity contribution is 9.09. The average molecular weight is 293 g/mol. The first kappa shape index (κ1) is 12.4. The minimum atomic E-state index is 0.917. The van der Waals surface area contributed by atoms with Gasteiger partial charge in [0.15, 0.2) is 0 Å². The SMILES string of the molecule is CCn1nc(CC=CCCBr)c2ccccc21. The highest BCUT2D eigenvalue weighted by Gasteiger charge is 2.06. The number of hydrogen-bond acceptors (Lipinski definition) is 1. The third kappa shape index (κ3) is 2.78. The Morgan fingerprint density at radius 1 is 1.29 bits per heavy atom. The maximum absolute atomic E-state index is 4.66. The lowest BCUT2D eigenvalue weighted by Crippen LogP contribution is -1.96. The summed E-state index contributed by atoms with van der Waals surface area (Å²) in [5, 5.41) is 6.96. The molecule has 1 aromatic heterocycles. The molecule has 2 aromatic rings. The van der Waals surface area contributed by atoms with Crippen LogP contribution in [0.4, 0.5) is 0 Å². The van der Waals surface area contributed by atoms with E-state index in [2.05, 4.69) is 69.1 Å². The van der Waals surface area contributed by atoms with Crippen LogP contribution in [-0.2, 0) is 13.0 Å². The number of alkyl halides is 1. The van der Waals surface area contributed by atoms with Gasteiger partial charge in [-0.2, -0.15) is 5.10 Å². The van der Waals surface area contributed by atoms with Crippen molar-refractivity contribution < 1.29 is 0 Å². The molecule has 0 aliphatic heterocycles. The molecular weight excluding hydrogens is 276 g/mol. The molecule has 0 saturated heterocycles. The number of rotatable bonds is 5. The van der Waals surface area contributed by atoms with Gasteiger partial charge in [-0.25, -0.2) is 0 Å². The van der Waals surface area contributed by atoms with Gasteiger partial charge in [-0.05, 0) is 19.4 Å². The zero-order chi connectivity index (χ0) is 12.1. The molecule has 0 aliphatic rings. The molecule has 1 heterocycles. The Balaban J connectivity index is 2.28. The molecule has 0 fully saturated rings. The van der Waals surface area contributed by atoms with Gasteiger partial charge in [0.1, 0.15) is 0 Å². The summed E-state index contributed by atoms with van der Waals surface area (Å²) >= 11 is 3.42. The monoisotopic (exact) mass is 292 g/mol. The lowest BCUT2D eigenvalue weighted by atomic mass is 10.1. The van der Waals surface area contributed by atoms with Crippen LogP contribution in [0, 0.1) is 0 Å². The molecule has 90 valence electrons. The van der Waals surface area contributed by atoms with Crippen molar-refractivity contribution in [3.63, 3.8) is 0 Å². The largest absolute Gasteiger partial charge is 0.265 e. The van der Waals surface area contributed by atoms with Crippen molar-refractivity contribution in [1.29, 1.82) is 0 Å². The van der Waals surface area contributed by atoms with Gasteiger partial charge in [-0.1, -0.05) is 46.3 Å². The summed E-state index contributed by atoms with van der Waals surface area (Å²) in [6.07, 6.45) is 6.40. The number of hydrogen-bond donors (Lipinski definition) is 0. The fourth-order valence-electron chi connectivity index (χ4n) is 1.96. The van der Waals surface area contributed by atoms with Crippen LogP contribution in [0.1, 0.15) is 19.0 Å².